The highest BCUT2D eigenvalue weighted by atomic mass is 35.5. The van der Waals surface area contributed by atoms with Gasteiger partial charge in [-0.1, -0.05) is 31.4 Å². The lowest BCUT2D eigenvalue weighted by atomic mass is 9.90. The standard InChI is InChI=1S/C22H26ClN5O4/c1-3-4-6-15-9-14-10-21(32-8-5-7-31-2)17(23)11-16(14)18-12-20(29)19(13-27(15)18)28-22(30)24-25-26-28/h10-13,15H,3-9H2,1-2H3,(H,24,26,30). The third-order valence-corrected chi connectivity index (χ3v) is 5.98. The van der Waals surface area contributed by atoms with Gasteiger partial charge in [0.15, 0.2) is 0 Å². The minimum atomic E-state index is -0.553. The third kappa shape index (κ3) is 4.35. The summed E-state index contributed by atoms with van der Waals surface area (Å²) < 4.78 is 14.0. The first-order valence-electron chi connectivity index (χ1n) is 10.7. The molecule has 4 rings (SSSR count). The average molecular weight is 460 g/mol. The first kappa shape index (κ1) is 22.3. The normalized spacial score (nSPS) is 14.8. The quantitative estimate of drug-likeness (QED) is 0.493. The minimum absolute atomic E-state index is 0.127. The Bertz CT molecular complexity index is 1220. The van der Waals surface area contributed by atoms with E-state index in [9.17, 15) is 9.59 Å². The molecule has 0 saturated carbocycles. The van der Waals surface area contributed by atoms with Crippen molar-refractivity contribution in [3.05, 3.63) is 55.7 Å². The van der Waals surface area contributed by atoms with Crippen LogP contribution in [0.1, 0.15) is 44.2 Å². The molecular formula is C22H26ClN5O4. The van der Waals surface area contributed by atoms with Crippen molar-refractivity contribution in [2.75, 3.05) is 20.3 Å². The van der Waals surface area contributed by atoms with Gasteiger partial charge in [0.25, 0.3) is 0 Å². The molecule has 0 spiro atoms. The molecule has 3 aromatic rings. The van der Waals surface area contributed by atoms with Crippen LogP contribution < -0.4 is 15.9 Å². The van der Waals surface area contributed by atoms with Crippen molar-refractivity contribution in [2.45, 2.75) is 45.1 Å². The molecule has 10 heteroatoms. The molecule has 1 aliphatic heterocycles. The van der Waals surface area contributed by atoms with Crippen molar-refractivity contribution in [1.82, 2.24) is 24.8 Å². The number of pyridine rings is 1. The summed E-state index contributed by atoms with van der Waals surface area (Å²) in [5.74, 6) is 0.636. The van der Waals surface area contributed by atoms with Crippen LogP contribution in [0.15, 0.2) is 34.0 Å². The van der Waals surface area contributed by atoms with E-state index in [1.807, 2.05) is 12.1 Å². The molecular weight excluding hydrogens is 434 g/mol. The van der Waals surface area contributed by atoms with Gasteiger partial charge in [0.2, 0.25) is 5.43 Å². The maximum Gasteiger partial charge on any atom is 0.366 e. The number of hydrogen-bond donors (Lipinski definition) is 1. The van der Waals surface area contributed by atoms with Crippen molar-refractivity contribution < 1.29 is 9.47 Å². The van der Waals surface area contributed by atoms with E-state index in [4.69, 9.17) is 21.1 Å². The maximum absolute atomic E-state index is 12.9. The SMILES string of the molecule is CCCCC1Cc2cc(OCCCOC)c(Cl)cc2-c2cc(=O)c(-n3nn[nH]c3=O)cn21. The van der Waals surface area contributed by atoms with E-state index >= 15 is 0 Å². The van der Waals surface area contributed by atoms with Crippen LogP contribution in [0, 0.1) is 0 Å². The average Bonchev–Trinajstić information content (AvgIpc) is 3.21. The van der Waals surface area contributed by atoms with Gasteiger partial charge in [-0.05, 0) is 41.0 Å². The summed E-state index contributed by atoms with van der Waals surface area (Å²) in [6.45, 7) is 3.28. The molecule has 170 valence electrons. The number of unbranched alkanes of at least 4 members (excludes halogenated alkanes) is 1. The minimum Gasteiger partial charge on any atom is -0.492 e. The molecule has 0 radical (unpaired) electrons. The van der Waals surface area contributed by atoms with Gasteiger partial charge in [-0.15, -0.1) is 0 Å². The Morgan fingerprint density at radius 2 is 2.06 bits per heavy atom. The van der Waals surface area contributed by atoms with Crippen molar-refractivity contribution >= 4 is 11.6 Å². The Hall–Kier alpha value is -2.91. The van der Waals surface area contributed by atoms with Gasteiger partial charge >= 0.3 is 5.69 Å². The number of aromatic amines is 1. The van der Waals surface area contributed by atoms with Crippen LogP contribution >= 0.6 is 11.6 Å². The number of H-pyrrole nitrogens is 1. The molecule has 32 heavy (non-hydrogen) atoms. The molecule has 2 aromatic heterocycles. The topological polar surface area (TPSA) is 104 Å². The van der Waals surface area contributed by atoms with Crippen molar-refractivity contribution in [3.8, 4) is 22.7 Å². The fourth-order valence-corrected chi connectivity index (χ4v) is 4.32. The summed E-state index contributed by atoms with van der Waals surface area (Å²) in [7, 11) is 1.66. The number of benzene rings is 1. The predicted octanol–water partition coefficient (Wildman–Crippen LogP) is 3.14. The monoisotopic (exact) mass is 459 g/mol. The van der Waals surface area contributed by atoms with E-state index in [2.05, 4.69) is 27.0 Å². The molecule has 1 N–H and O–H groups in total. The zero-order valence-corrected chi connectivity index (χ0v) is 18.9. The number of nitrogens with zero attached hydrogens (tertiary/aromatic N) is 4. The molecule has 1 aliphatic rings. The lowest BCUT2D eigenvalue weighted by Crippen LogP contribution is -2.28. The Balaban J connectivity index is 1.78. The number of fused-ring (bicyclic) bond motifs is 3. The van der Waals surface area contributed by atoms with E-state index in [-0.39, 0.29) is 17.2 Å². The van der Waals surface area contributed by atoms with Gasteiger partial charge in [-0.25, -0.2) is 9.89 Å². The van der Waals surface area contributed by atoms with Gasteiger partial charge in [-0.3, -0.25) is 4.79 Å². The van der Waals surface area contributed by atoms with Gasteiger partial charge in [-0.2, -0.15) is 4.68 Å². The van der Waals surface area contributed by atoms with Crippen LogP contribution in [0.2, 0.25) is 5.02 Å². The summed E-state index contributed by atoms with van der Waals surface area (Å²) in [5, 5.41) is 9.96. The van der Waals surface area contributed by atoms with Gasteiger partial charge in [0.1, 0.15) is 11.4 Å². The third-order valence-electron chi connectivity index (χ3n) is 5.68. The molecule has 0 aliphatic carbocycles. The van der Waals surface area contributed by atoms with E-state index in [0.29, 0.717) is 24.0 Å². The Morgan fingerprint density at radius 1 is 1.22 bits per heavy atom. The molecule has 1 unspecified atom stereocenters. The summed E-state index contributed by atoms with van der Waals surface area (Å²) in [5.41, 5.74) is 2.05. The number of tetrazole rings is 1. The zero-order valence-electron chi connectivity index (χ0n) is 18.1. The smallest absolute Gasteiger partial charge is 0.366 e. The number of nitrogens with one attached hydrogen (secondary N) is 1. The maximum atomic E-state index is 12.9. The highest BCUT2D eigenvalue weighted by Gasteiger charge is 2.27. The number of methoxy groups -OCH3 is 1. The molecule has 0 bridgehead atoms. The highest BCUT2D eigenvalue weighted by molar-refractivity contribution is 6.32. The summed E-state index contributed by atoms with van der Waals surface area (Å²) in [4.78, 5) is 24.9. The first-order valence-corrected chi connectivity index (χ1v) is 11.1. The molecule has 0 amide bonds. The second-order valence-corrected chi connectivity index (χ2v) is 8.28. The number of halogens is 1. The van der Waals surface area contributed by atoms with Crippen molar-refractivity contribution in [2.24, 2.45) is 0 Å². The van der Waals surface area contributed by atoms with Crippen LogP contribution in [0.4, 0.5) is 0 Å². The molecule has 0 fully saturated rings. The van der Waals surface area contributed by atoms with Crippen LogP contribution in [0.25, 0.3) is 16.9 Å². The summed E-state index contributed by atoms with van der Waals surface area (Å²) in [6.07, 6.45) is 6.27. The highest BCUT2D eigenvalue weighted by Crippen LogP contribution is 2.41. The fourth-order valence-electron chi connectivity index (χ4n) is 4.10. The van der Waals surface area contributed by atoms with Gasteiger partial charge in [0, 0.05) is 44.0 Å². The van der Waals surface area contributed by atoms with E-state index < -0.39 is 5.69 Å². The molecule has 1 atom stereocenters. The summed E-state index contributed by atoms with van der Waals surface area (Å²) in [6, 6.07) is 5.50. The Morgan fingerprint density at radius 3 is 2.78 bits per heavy atom. The van der Waals surface area contributed by atoms with E-state index in [0.717, 1.165) is 53.6 Å². The number of hydrogen-bond acceptors (Lipinski definition) is 6. The van der Waals surface area contributed by atoms with Crippen LogP contribution in [0.3, 0.4) is 0 Å². The Kier molecular flexibility index (Phi) is 6.76. The van der Waals surface area contributed by atoms with E-state index in [1.54, 1.807) is 19.4 Å². The van der Waals surface area contributed by atoms with Gasteiger partial charge < -0.3 is 14.0 Å². The Labute approximate surface area is 189 Å². The molecule has 1 aromatic carbocycles. The van der Waals surface area contributed by atoms with Crippen molar-refractivity contribution in [3.63, 3.8) is 0 Å². The molecule has 9 nitrogen and oxygen atoms in total. The van der Waals surface area contributed by atoms with Crippen LogP contribution in [0.5, 0.6) is 5.75 Å². The summed E-state index contributed by atoms with van der Waals surface area (Å²) >= 11 is 6.52. The number of ether oxygens (including phenoxy) is 2. The lowest BCUT2D eigenvalue weighted by Gasteiger charge is -2.31. The number of rotatable bonds is 9. The lowest BCUT2D eigenvalue weighted by molar-refractivity contribution is 0.172. The second-order valence-electron chi connectivity index (χ2n) is 7.87. The zero-order chi connectivity index (χ0) is 22.7. The largest absolute Gasteiger partial charge is 0.492 e. The first-order chi connectivity index (χ1) is 15.5. The molecule has 0 saturated heterocycles. The van der Waals surface area contributed by atoms with Crippen LogP contribution in [-0.2, 0) is 11.2 Å². The van der Waals surface area contributed by atoms with Crippen molar-refractivity contribution in [1.29, 1.82) is 0 Å². The number of aromatic nitrogens is 5. The molecule has 3 heterocycles. The van der Waals surface area contributed by atoms with Crippen LogP contribution in [-0.4, -0.2) is 45.1 Å². The fraction of sp³-hybridized carbons (Fsp3) is 0.455. The van der Waals surface area contributed by atoms with Gasteiger partial charge in [0.05, 0.1) is 17.3 Å². The predicted molar refractivity (Wildman–Crippen MR) is 121 cm³/mol. The second kappa shape index (κ2) is 9.70. The van der Waals surface area contributed by atoms with E-state index in [1.165, 1.54) is 0 Å².